The Morgan fingerprint density at radius 1 is 1.45 bits per heavy atom. The minimum atomic E-state index is 0.490. The molecule has 1 atom stereocenters. The zero-order valence-corrected chi connectivity index (χ0v) is 7.48. The number of hydrogen-bond acceptors (Lipinski definition) is 3. The summed E-state index contributed by atoms with van der Waals surface area (Å²) in [6.45, 7) is 6.87. The van der Waals surface area contributed by atoms with Crippen molar-refractivity contribution in [1.82, 2.24) is 16.0 Å². The second-order valence-corrected chi connectivity index (χ2v) is 2.50. The highest BCUT2D eigenvalue weighted by Gasteiger charge is 2.05. The molecule has 1 saturated heterocycles. The lowest BCUT2D eigenvalue weighted by Crippen LogP contribution is -2.46. The Bertz CT molecular complexity index is 87.3. The molecule has 1 unspecified atom stereocenters. The van der Waals surface area contributed by atoms with Crippen molar-refractivity contribution >= 4 is 0 Å². The Labute approximate surface area is 69.3 Å². The lowest BCUT2D eigenvalue weighted by Gasteiger charge is -2.20. The predicted octanol–water partition coefficient (Wildman–Crippen LogP) is -0.431. The van der Waals surface area contributed by atoms with Gasteiger partial charge in [-0.2, -0.15) is 0 Å². The average molecular weight is 157 g/mol. The molecule has 1 aliphatic rings. The summed E-state index contributed by atoms with van der Waals surface area (Å²) in [6.07, 6.45) is 1.94. The molecule has 0 amide bonds. The van der Waals surface area contributed by atoms with Crippen molar-refractivity contribution < 1.29 is 0 Å². The molecule has 0 bridgehead atoms. The summed E-state index contributed by atoms with van der Waals surface area (Å²) in [4.78, 5) is 0. The zero-order chi connectivity index (χ0) is 8.53. The van der Waals surface area contributed by atoms with E-state index < -0.39 is 0 Å². The van der Waals surface area contributed by atoms with Gasteiger partial charge in [0, 0.05) is 25.7 Å². The first-order valence-corrected chi connectivity index (χ1v) is 4.00. The smallest absolute Gasteiger partial charge is 0.0373 e. The van der Waals surface area contributed by atoms with Crippen LogP contribution in [-0.4, -0.2) is 39.8 Å². The SMILES string of the molecule is C=CC1CNCCN1.CNC. The van der Waals surface area contributed by atoms with Crippen LogP contribution in [0.4, 0.5) is 0 Å². The summed E-state index contributed by atoms with van der Waals surface area (Å²) in [5.41, 5.74) is 0. The average Bonchev–Trinajstić information content (AvgIpc) is 2.08. The molecule has 1 heterocycles. The van der Waals surface area contributed by atoms with E-state index in [-0.39, 0.29) is 0 Å². The van der Waals surface area contributed by atoms with Crippen LogP contribution in [-0.2, 0) is 0 Å². The van der Waals surface area contributed by atoms with Crippen LogP contribution in [0.25, 0.3) is 0 Å². The third kappa shape index (κ3) is 6.04. The maximum Gasteiger partial charge on any atom is 0.0373 e. The van der Waals surface area contributed by atoms with Gasteiger partial charge in [0.15, 0.2) is 0 Å². The van der Waals surface area contributed by atoms with Crippen molar-refractivity contribution in [2.24, 2.45) is 0 Å². The zero-order valence-electron chi connectivity index (χ0n) is 7.48. The quantitative estimate of drug-likeness (QED) is 0.452. The van der Waals surface area contributed by atoms with Crippen LogP contribution in [0.1, 0.15) is 0 Å². The topological polar surface area (TPSA) is 36.1 Å². The van der Waals surface area contributed by atoms with E-state index in [1.54, 1.807) is 0 Å². The summed E-state index contributed by atoms with van der Waals surface area (Å²) < 4.78 is 0. The van der Waals surface area contributed by atoms with Crippen molar-refractivity contribution in [3.63, 3.8) is 0 Å². The van der Waals surface area contributed by atoms with Crippen LogP contribution in [0.2, 0.25) is 0 Å². The number of piperazine rings is 1. The highest BCUT2D eigenvalue weighted by Crippen LogP contribution is 1.85. The molecule has 1 aliphatic heterocycles. The largest absolute Gasteiger partial charge is 0.323 e. The molecule has 0 aromatic heterocycles. The molecule has 11 heavy (non-hydrogen) atoms. The van der Waals surface area contributed by atoms with E-state index in [1.807, 2.05) is 20.2 Å². The van der Waals surface area contributed by atoms with Crippen molar-refractivity contribution in [2.75, 3.05) is 33.7 Å². The van der Waals surface area contributed by atoms with Gasteiger partial charge in [0.2, 0.25) is 0 Å². The molecule has 3 nitrogen and oxygen atoms in total. The minimum absolute atomic E-state index is 0.490. The van der Waals surface area contributed by atoms with Gasteiger partial charge in [-0.1, -0.05) is 6.08 Å². The van der Waals surface area contributed by atoms with E-state index in [0.29, 0.717) is 6.04 Å². The third-order valence-electron chi connectivity index (χ3n) is 1.36. The minimum Gasteiger partial charge on any atom is -0.323 e. The third-order valence-corrected chi connectivity index (χ3v) is 1.36. The van der Waals surface area contributed by atoms with Gasteiger partial charge in [-0.15, -0.1) is 6.58 Å². The highest BCUT2D eigenvalue weighted by atomic mass is 15.0. The van der Waals surface area contributed by atoms with Gasteiger partial charge >= 0.3 is 0 Å². The lowest BCUT2D eigenvalue weighted by atomic mass is 10.2. The Balaban J connectivity index is 0.000000292. The fourth-order valence-corrected chi connectivity index (χ4v) is 0.842. The van der Waals surface area contributed by atoms with E-state index in [0.717, 1.165) is 19.6 Å². The normalized spacial score (nSPS) is 23.3. The van der Waals surface area contributed by atoms with Gasteiger partial charge in [-0.25, -0.2) is 0 Å². The standard InChI is InChI=1S/C6H12N2.C2H7N/c1-2-6-5-7-3-4-8-6;1-3-2/h2,6-8H,1,3-5H2;3H,1-2H3. The fraction of sp³-hybridized carbons (Fsp3) is 0.750. The summed E-state index contributed by atoms with van der Waals surface area (Å²) in [6, 6.07) is 0.490. The second kappa shape index (κ2) is 7.72. The van der Waals surface area contributed by atoms with Crippen LogP contribution >= 0.6 is 0 Å². The summed E-state index contributed by atoms with van der Waals surface area (Å²) >= 11 is 0. The molecule has 0 saturated carbocycles. The van der Waals surface area contributed by atoms with Crippen LogP contribution in [0.5, 0.6) is 0 Å². The monoisotopic (exact) mass is 157 g/mol. The van der Waals surface area contributed by atoms with Crippen LogP contribution < -0.4 is 16.0 Å². The molecule has 3 heteroatoms. The predicted molar refractivity (Wildman–Crippen MR) is 49.8 cm³/mol. The molecular formula is C8H19N3. The van der Waals surface area contributed by atoms with Crippen LogP contribution in [0.15, 0.2) is 12.7 Å². The van der Waals surface area contributed by atoms with Gasteiger partial charge in [0.25, 0.3) is 0 Å². The van der Waals surface area contributed by atoms with E-state index in [9.17, 15) is 0 Å². The first-order valence-electron chi connectivity index (χ1n) is 4.00. The molecule has 0 aromatic carbocycles. The molecule has 3 N–H and O–H groups in total. The van der Waals surface area contributed by atoms with E-state index >= 15 is 0 Å². The first kappa shape index (κ1) is 10.6. The molecule has 0 aromatic rings. The molecule has 1 fully saturated rings. The number of hydrogen-bond donors (Lipinski definition) is 3. The molecular weight excluding hydrogens is 138 g/mol. The van der Waals surface area contributed by atoms with Crippen molar-refractivity contribution in [2.45, 2.75) is 6.04 Å². The van der Waals surface area contributed by atoms with E-state index in [1.165, 1.54) is 0 Å². The van der Waals surface area contributed by atoms with Gasteiger partial charge in [0.05, 0.1) is 0 Å². The number of rotatable bonds is 1. The van der Waals surface area contributed by atoms with E-state index in [2.05, 4.69) is 22.5 Å². The Hall–Kier alpha value is -0.380. The van der Waals surface area contributed by atoms with Crippen LogP contribution in [0.3, 0.4) is 0 Å². The highest BCUT2D eigenvalue weighted by molar-refractivity contribution is 4.89. The fourth-order valence-electron chi connectivity index (χ4n) is 0.842. The first-order chi connectivity index (χ1) is 5.35. The van der Waals surface area contributed by atoms with Gasteiger partial charge in [0.1, 0.15) is 0 Å². The summed E-state index contributed by atoms with van der Waals surface area (Å²) in [5, 5.41) is 9.29. The Morgan fingerprint density at radius 2 is 2.09 bits per heavy atom. The van der Waals surface area contributed by atoms with Gasteiger partial charge < -0.3 is 16.0 Å². The Kier molecular flexibility index (Phi) is 7.46. The maximum atomic E-state index is 3.68. The Morgan fingerprint density at radius 3 is 2.36 bits per heavy atom. The molecule has 0 radical (unpaired) electrons. The van der Waals surface area contributed by atoms with Crippen molar-refractivity contribution in [3.8, 4) is 0 Å². The second-order valence-electron chi connectivity index (χ2n) is 2.50. The number of nitrogens with one attached hydrogen (secondary N) is 3. The van der Waals surface area contributed by atoms with Gasteiger partial charge in [-0.3, -0.25) is 0 Å². The molecule has 0 spiro atoms. The summed E-state index contributed by atoms with van der Waals surface area (Å²) in [5.74, 6) is 0. The maximum absolute atomic E-state index is 3.68. The van der Waals surface area contributed by atoms with Crippen molar-refractivity contribution in [3.05, 3.63) is 12.7 Å². The van der Waals surface area contributed by atoms with E-state index in [4.69, 9.17) is 0 Å². The van der Waals surface area contributed by atoms with Gasteiger partial charge in [-0.05, 0) is 14.1 Å². The lowest BCUT2D eigenvalue weighted by molar-refractivity contribution is 0.471. The summed E-state index contributed by atoms with van der Waals surface area (Å²) in [7, 11) is 3.75. The molecule has 66 valence electrons. The molecule has 1 rings (SSSR count). The van der Waals surface area contributed by atoms with Crippen molar-refractivity contribution in [1.29, 1.82) is 0 Å². The molecule has 0 aliphatic carbocycles. The van der Waals surface area contributed by atoms with Crippen LogP contribution in [0, 0.1) is 0 Å².